The normalized spacial score (nSPS) is 12.6. The molecule has 0 aliphatic heterocycles. The highest BCUT2D eigenvalue weighted by molar-refractivity contribution is 5.78. The Morgan fingerprint density at radius 2 is 1.70 bits per heavy atom. The van der Waals surface area contributed by atoms with Gasteiger partial charge in [0.15, 0.2) is 0 Å². The van der Waals surface area contributed by atoms with Crippen molar-refractivity contribution in [3.8, 4) is 0 Å². The number of carbonyl (C=O) groups is 1. The summed E-state index contributed by atoms with van der Waals surface area (Å²) in [5, 5.41) is 6.02. The molecule has 4 heteroatoms. The highest BCUT2D eigenvalue weighted by atomic mass is 16.6. The number of hydrogen-bond donors (Lipinski definition) is 2. The minimum atomic E-state index is -0.511. The van der Waals surface area contributed by atoms with Gasteiger partial charge in [-0.3, -0.25) is 5.32 Å². The van der Waals surface area contributed by atoms with E-state index in [-0.39, 0.29) is 6.10 Å². The maximum Gasteiger partial charge on any atom is 0.412 e. The molecule has 142 valence electrons. The maximum atomic E-state index is 12.5. The standard InChI is InChI=1S/C23H28N2O2/c1-15(2)21(22(24-6)19-13-11-16(3)12-14-19)25-23(26)27-18(5)20-10-8-7-9-17(20)4/h7-14,18,24H,1H2,2-6H3,(H,25,26)/b22-21+. The average molecular weight is 364 g/mol. The van der Waals surface area contributed by atoms with E-state index in [4.69, 9.17) is 4.74 Å². The number of nitrogens with one attached hydrogen (secondary N) is 2. The lowest BCUT2D eigenvalue weighted by Gasteiger charge is -2.20. The first-order valence-corrected chi connectivity index (χ1v) is 9.01. The van der Waals surface area contributed by atoms with Gasteiger partial charge >= 0.3 is 6.09 Å². The zero-order chi connectivity index (χ0) is 20.0. The largest absolute Gasteiger partial charge is 0.441 e. The summed E-state index contributed by atoms with van der Waals surface area (Å²) in [7, 11) is 1.82. The molecule has 2 aromatic rings. The van der Waals surface area contributed by atoms with Crippen LogP contribution in [0.15, 0.2) is 66.4 Å². The molecule has 0 saturated heterocycles. The molecule has 2 N–H and O–H groups in total. The second kappa shape index (κ2) is 9.08. The first-order chi connectivity index (χ1) is 12.8. The van der Waals surface area contributed by atoms with Crippen molar-refractivity contribution in [2.45, 2.75) is 33.8 Å². The topological polar surface area (TPSA) is 50.4 Å². The molecular weight excluding hydrogens is 336 g/mol. The Kier molecular flexibility index (Phi) is 6.83. The Hall–Kier alpha value is -3.01. The van der Waals surface area contributed by atoms with E-state index < -0.39 is 6.09 Å². The molecule has 0 bridgehead atoms. The lowest BCUT2D eigenvalue weighted by molar-refractivity contribution is 0.109. The van der Waals surface area contributed by atoms with Crippen LogP contribution in [0.25, 0.3) is 5.70 Å². The summed E-state index contributed by atoms with van der Waals surface area (Å²) in [6.45, 7) is 11.8. The predicted molar refractivity (Wildman–Crippen MR) is 111 cm³/mol. The fraction of sp³-hybridized carbons (Fsp3) is 0.261. The molecule has 4 nitrogen and oxygen atoms in total. The van der Waals surface area contributed by atoms with Crippen LogP contribution in [0.2, 0.25) is 0 Å². The van der Waals surface area contributed by atoms with Gasteiger partial charge in [-0.25, -0.2) is 4.79 Å². The highest BCUT2D eigenvalue weighted by Gasteiger charge is 2.17. The number of alkyl carbamates (subject to hydrolysis) is 1. The Labute approximate surface area is 161 Å². The molecule has 1 amide bonds. The Morgan fingerprint density at radius 3 is 2.26 bits per heavy atom. The van der Waals surface area contributed by atoms with E-state index in [0.717, 1.165) is 28.0 Å². The van der Waals surface area contributed by atoms with Crippen molar-refractivity contribution in [3.63, 3.8) is 0 Å². The monoisotopic (exact) mass is 364 g/mol. The lowest BCUT2D eigenvalue weighted by atomic mass is 10.0. The van der Waals surface area contributed by atoms with Crippen LogP contribution in [0.3, 0.4) is 0 Å². The highest BCUT2D eigenvalue weighted by Crippen LogP contribution is 2.22. The molecule has 2 rings (SSSR count). The number of amides is 1. The third-order valence-electron chi connectivity index (χ3n) is 4.40. The van der Waals surface area contributed by atoms with E-state index in [0.29, 0.717) is 5.70 Å². The van der Waals surface area contributed by atoms with Crippen molar-refractivity contribution in [1.82, 2.24) is 10.6 Å². The van der Waals surface area contributed by atoms with Gasteiger partial charge in [0, 0.05) is 7.05 Å². The second-order valence-corrected chi connectivity index (χ2v) is 6.68. The molecule has 1 atom stereocenters. The Bertz CT molecular complexity index is 851. The van der Waals surface area contributed by atoms with Crippen molar-refractivity contribution in [3.05, 3.63) is 88.6 Å². The maximum absolute atomic E-state index is 12.5. The van der Waals surface area contributed by atoms with E-state index in [1.54, 1.807) is 0 Å². The number of carbonyl (C=O) groups excluding carboxylic acids is 1. The summed E-state index contributed by atoms with van der Waals surface area (Å²) < 4.78 is 5.59. The molecule has 0 fully saturated rings. The van der Waals surface area contributed by atoms with Crippen molar-refractivity contribution >= 4 is 11.8 Å². The predicted octanol–water partition coefficient (Wildman–Crippen LogP) is 5.25. The van der Waals surface area contributed by atoms with Crippen LogP contribution < -0.4 is 10.6 Å². The molecule has 1 unspecified atom stereocenters. The Balaban J connectivity index is 2.24. The van der Waals surface area contributed by atoms with E-state index in [1.165, 1.54) is 5.56 Å². The van der Waals surface area contributed by atoms with Crippen molar-refractivity contribution in [2.24, 2.45) is 0 Å². The van der Waals surface area contributed by atoms with E-state index >= 15 is 0 Å². The van der Waals surface area contributed by atoms with Crippen LogP contribution in [-0.2, 0) is 4.74 Å². The summed E-state index contributed by atoms with van der Waals surface area (Å²) in [5.74, 6) is 0. The van der Waals surface area contributed by atoms with E-state index in [9.17, 15) is 4.79 Å². The zero-order valence-corrected chi connectivity index (χ0v) is 16.7. The third kappa shape index (κ3) is 5.23. The molecule has 0 aliphatic rings. The number of rotatable bonds is 6. The minimum Gasteiger partial charge on any atom is -0.441 e. The van der Waals surface area contributed by atoms with Gasteiger partial charge < -0.3 is 10.1 Å². The number of aryl methyl sites for hydroxylation is 2. The van der Waals surface area contributed by atoms with Gasteiger partial charge in [0.1, 0.15) is 6.10 Å². The van der Waals surface area contributed by atoms with Crippen LogP contribution in [0, 0.1) is 13.8 Å². The molecule has 0 saturated carbocycles. The van der Waals surface area contributed by atoms with Crippen LogP contribution >= 0.6 is 0 Å². The minimum absolute atomic E-state index is 0.352. The first kappa shape index (κ1) is 20.3. The number of benzene rings is 2. The second-order valence-electron chi connectivity index (χ2n) is 6.68. The van der Waals surface area contributed by atoms with Gasteiger partial charge in [-0.15, -0.1) is 0 Å². The molecule has 0 heterocycles. The van der Waals surface area contributed by atoms with Crippen LogP contribution in [0.5, 0.6) is 0 Å². The number of hydrogen-bond acceptors (Lipinski definition) is 3. The van der Waals surface area contributed by atoms with Crippen molar-refractivity contribution in [2.75, 3.05) is 7.05 Å². The van der Waals surface area contributed by atoms with Gasteiger partial charge in [0.05, 0.1) is 11.4 Å². The quantitative estimate of drug-likeness (QED) is 0.688. The van der Waals surface area contributed by atoms with E-state index in [1.807, 2.05) is 83.3 Å². The SMILES string of the molecule is C=C(C)/C(NC(=O)OC(C)c1ccccc1C)=C(\NC)c1ccc(C)cc1. The molecule has 2 aromatic carbocycles. The molecule has 27 heavy (non-hydrogen) atoms. The summed E-state index contributed by atoms with van der Waals surface area (Å²) in [6, 6.07) is 15.9. The summed E-state index contributed by atoms with van der Waals surface area (Å²) in [5.41, 5.74) is 6.36. The van der Waals surface area contributed by atoms with Gasteiger partial charge in [0.25, 0.3) is 0 Å². The smallest absolute Gasteiger partial charge is 0.412 e. The molecular formula is C23H28N2O2. The molecule has 0 spiro atoms. The van der Waals surface area contributed by atoms with Crippen LogP contribution in [0.1, 0.15) is 42.2 Å². The van der Waals surface area contributed by atoms with Crippen LogP contribution in [-0.4, -0.2) is 13.1 Å². The van der Waals surface area contributed by atoms with Crippen molar-refractivity contribution in [1.29, 1.82) is 0 Å². The lowest BCUT2D eigenvalue weighted by Crippen LogP contribution is -2.28. The van der Waals surface area contributed by atoms with Gasteiger partial charge in [-0.2, -0.15) is 0 Å². The first-order valence-electron chi connectivity index (χ1n) is 9.01. The van der Waals surface area contributed by atoms with Gasteiger partial charge in [-0.1, -0.05) is 60.7 Å². The fourth-order valence-corrected chi connectivity index (χ4v) is 2.91. The fourth-order valence-electron chi connectivity index (χ4n) is 2.91. The van der Waals surface area contributed by atoms with Crippen molar-refractivity contribution < 1.29 is 9.53 Å². The zero-order valence-electron chi connectivity index (χ0n) is 16.7. The number of allylic oxidation sites excluding steroid dienone is 1. The molecule has 0 aliphatic carbocycles. The van der Waals surface area contributed by atoms with E-state index in [2.05, 4.69) is 17.2 Å². The Morgan fingerprint density at radius 1 is 1.07 bits per heavy atom. The third-order valence-corrected chi connectivity index (χ3v) is 4.40. The molecule has 0 radical (unpaired) electrons. The van der Waals surface area contributed by atoms with Gasteiger partial charge in [-0.05, 0) is 50.0 Å². The van der Waals surface area contributed by atoms with Gasteiger partial charge in [0.2, 0.25) is 0 Å². The summed E-state index contributed by atoms with van der Waals surface area (Å²) in [6.07, 6.45) is -0.862. The molecule has 0 aromatic heterocycles. The number of ether oxygens (including phenoxy) is 1. The summed E-state index contributed by atoms with van der Waals surface area (Å²) in [4.78, 5) is 12.5. The summed E-state index contributed by atoms with van der Waals surface area (Å²) >= 11 is 0. The average Bonchev–Trinajstić information content (AvgIpc) is 2.63. The van der Waals surface area contributed by atoms with Crippen LogP contribution in [0.4, 0.5) is 4.79 Å².